The highest BCUT2D eigenvalue weighted by Gasteiger charge is 2.29. The molecule has 0 saturated carbocycles. The number of hydrogen-bond acceptors (Lipinski definition) is 6. The Morgan fingerprint density at radius 2 is 1.61 bits per heavy atom. The van der Waals surface area contributed by atoms with Crippen LogP contribution in [0.4, 0.5) is 17.1 Å². The summed E-state index contributed by atoms with van der Waals surface area (Å²) in [5, 5.41) is 2.83. The van der Waals surface area contributed by atoms with Crippen LogP contribution in [0.1, 0.15) is 6.92 Å². The van der Waals surface area contributed by atoms with E-state index in [1.807, 2.05) is 24.3 Å². The summed E-state index contributed by atoms with van der Waals surface area (Å²) in [4.78, 5) is 17.5. The van der Waals surface area contributed by atoms with Crippen molar-refractivity contribution in [1.82, 2.24) is 4.90 Å². The number of rotatable bonds is 7. The molecule has 2 aromatic carbocycles. The molecule has 0 radical (unpaired) electrons. The smallest absolute Gasteiger partial charge is 0.247 e. The maximum Gasteiger partial charge on any atom is 0.247 e. The molecule has 8 nitrogen and oxygen atoms in total. The van der Waals surface area contributed by atoms with Gasteiger partial charge >= 0.3 is 0 Å². The highest BCUT2D eigenvalue weighted by molar-refractivity contribution is 7.92. The minimum Gasteiger partial charge on any atom is -0.497 e. The minimum absolute atomic E-state index is 0.399. The second-order valence-corrected chi connectivity index (χ2v) is 9.62. The molecule has 9 heteroatoms. The predicted molar refractivity (Wildman–Crippen MR) is 125 cm³/mol. The number of sulfonamides is 1. The first-order valence-electron chi connectivity index (χ1n) is 10.2. The first-order valence-corrected chi connectivity index (χ1v) is 12.0. The second-order valence-electron chi connectivity index (χ2n) is 7.76. The van der Waals surface area contributed by atoms with Crippen molar-refractivity contribution in [1.29, 1.82) is 0 Å². The average Bonchev–Trinajstić information content (AvgIpc) is 2.74. The van der Waals surface area contributed by atoms with Crippen LogP contribution in [-0.2, 0) is 14.8 Å². The van der Waals surface area contributed by atoms with E-state index >= 15 is 0 Å². The molecule has 3 rings (SSSR count). The molecule has 0 bridgehead atoms. The van der Waals surface area contributed by atoms with Crippen LogP contribution in [0.3, 0.4) is 0 Å². The predicted octanol–water partition coefficient (Wildman–Crippen LogP) is 2.24. The van der Waals surface area contributed by atoms with Crippen LogP contribution in [-0.4, -0.2) is 71.9 Å². The van der Waals surface area contributed by atoms with Crippen LogP contribution in [0.25, 0.3) is 0 Å². The molecule has 0 aliphatic carbocycles. The van der Waals surface area contributed by atoms with Gasteiger partial charge in [-0.25, -0.2) is 8.42 Å². The molecular formula is C22H30N4O4S. The lowest BCUT2D eigenvalue weighted by Crippen LogP contribution is -2.45. The van der Waals surface area contributed by atoms with E-state index in [-0.39, 0.29) is 0 Å². The third-order valence-electron chi connectivity index (χ3n) is 5.42. The number of hydrogen-bond donors (Lipinski definition) is 1. The molecule has 2 aromatic rings. The molecule has 1 fully saturated rings. The Morgan fingerprint density at radius 1 is 1.03 bits per heavy atom. The molecule has 0 aromatic heterocycles. The van der Waals surface area contributed by atoms with Crippen molar-refractivity contribution in [3.8, 4) is 5.75 Å². The Balaban J connectivity index is 1.71. The SMILES string of the molecule is COc1ccc(N([C@@H](C)C(=O)Nc2ccc(N3CCN(C)CC3)cc2)S(C)(=O)=O)cc1. The number of ether oxygens (including phenoxy) is 1. The Labute approximate surface area is 184 Å². The number of benzene rings is 2. The molecule has 0 unspecified atom stereocenters. The number of anilines is 3. The zero-order chi connectivity index (χ0) is 22.6. The first kappa shape index (κ1) is 22.9. The van der Waals surface area contributed by atoms with Gasteiger partial charge in [0.15, 0.2) is 0 Å². The molecule has 0 spiro atoms. The van der Waals surface area contributed by atoms with Crippen LogP contribution in [0.2, 0.25) is 0 Å². The van der Waals surface area contributed by atoms with Gasteiger partial charge in [-0.2, -0.15) is 0 Å². The van der Waals surface area contributed by atoms with Gasteiger partial charge < -0.3 is 19.9 Å². The van der Waals surface area contributed by atoms with Crippen molar-refractivity contribution in [2.24, 2.45) is 0 Å². The van der Waals surface area contributed by atoms with E-state index < -0.39 is 22.0 Å². The topological polar surface area (TPSA) is 82.2 Å². The maximum absolute atomic E-state index is 12.9. The molecule has 31 heavy (non-hydrogen) atoms. The number of nitrogens with one attached hydrogen (secondary N) is 1. The zero-order valence-electron chi connectivity index (χ0n) is 18.4. The van der Waals surface area contributed by atoms with Crippen molar-refractivity contribution in [2.75, 3.05) is 61.1 Å². The Kier molecular flexibility index (Phi) is 7.07. The number of amides is 1. The van der Waals surface area contributed by atoms with Gasteiger partial charge in [-0.05, 0) is 62.5 Å². The largest absolute Gasteiger partial charge is 0.497 e. The summed E-state index contributed by atoms with van der Waals surface area (Å²) in [5.41, 5.74) is 2.13. The summed E-state index contributed by atoms with van der Waals surface area (Å²) in [6, 6.07) is 13.3. The van der Waals surface area contributed by atoms with Crippen molar-refractivity contribution in [2.45, 2.75) is 13.0 Å². The van der Waals surface area contributed by atoms with Crippen LogP contribution in [0.15, 0.2) is 48.5 Å². The molecule has 1 atom stereocenters. The molecule has 168 valence electrons. The Bertz CT molecular complexity index is 985. The van der Waals surface area contributed by atoms with Gasteiger partial charge in [0.25, 0.3) is 0 Å². The molecule has 1 amide bonds. The van der Waals surface area contributed by atoms with Crippen LogP contribution in [0, 0.1) is 0 Å². The summed E-state index contributed by atoms with van der Waals surface area (Å²) >= 11 is 0. The third-order valence-corrected chi connectivity index (χ3v) is 6.66. The molecule has 1 saturated heterocycles. The maximum atomic E-state index is 12.9. The summed E-state index contributed by atoms with van der Waals surface area (Å²) < 4.78 is 31.1. The monoisotopic (exact) mass is 446 g/mol. The highest BCUT2D eigenvalue weighted by Crippen LogP contribution is 2.25. The lowest BCUT2D eigenvalue weighted by atomic mass is 10.2. The van der Waals surface area contributed by atoms with Crippen LogP contribution in [0.5, 0.6) is 5.75 Å². The fourth-order valence-electron chi connectivity index (χ4n) is 3.60. The number of nitrogens with zero attached hydrogens (tertiary/aromatic N) is 3. The lowest BCUT2D eigenvalue weighted by Gasteiger charge is -2.34. The van der Waals surface area contributed by atoms with Crippen LogP contribution >= 0.6 is 0 Å². The molecule has 1 heterocycles. The highest BCUT2D eigenvalue weighted by atomic mass is 32.2. The quantitative estimate of drug-likeness (QED) is 0.703. The minimum atomic E-state index is -3.68. The first-order chi connectivity index (χ1) is 14.7. The van der Waals surface area contributed by atoms with E-state index in [0.717, 1.165) is 42.4 Å². The molecule has 1 aliphatic rings. The van der Waals surface area contributed by atoms with Crippen LogP contribution < -0.4 is 19.3 Å². The normalized spacial score (nSPS) is 15.9. The van der Waals surface area contributed by atoms with Crippen molar-refractivity contribution >= 4 is 33.0 Å². The number of piperazine rings is 1. The molecule has 1 N–H and O–H groups in total. The fraction of sp³-hybridized carbons (Fsp3) is 0.409. The van der Waals surface area contributed by atoms with Gasteiger partial charge in [-0.1, -0.05) is 0 Å². The third kappa shape index (κ3) is 5.68. The van der Waals surface area contributed by atoms with Gasteiger partial charge in [0.1, 0.15) is 11.8 Å². The molecular weight excluding hydrogens is 416 g/mol. The fourth-order valence-corrected chi connectivity index (χ4v) is 4.78. The zero-order valence-corrected chi connectivity index (χ0v) is 19.2. The van der Waals surface area contributed by atoms with Crippen molar-refractivity contribution in [3.05, 3.63) is 48.5 Å². The number of methoxy groups -OCH3 is 1. The average molecular weight is 447 g/mol. The van der Waals surface area contributed by atoms with E-state index in [0.29, 0.717) is 17.1 Å². The standard InChI is InChI=1S/C22H30N4O4S/c1-17(26(31(4,28)29)20-9-11-21(30-3)12-10-20)22(27)23-18-5-7-19(8-6-18)25-15-13-24(2)14-16-25/h5-12,17H,13-16H2,1-4H3,(H,23,27)/t17-/m0/s1. The summed E-state index contributed by atoms with van der Waals surface area (Å²) in [6.45, 7) is 5.53. The number of carbonyl (C=O) groups excluding carboxylic acids is 1. The van der Waals surface area contributed by atoms with Gasteiger partial charge in [-0.3, -0.25) is 9.10 Å². The molecule has 1 aliphatic heterocycles. The van der Waals surface area contributed by atoms with Gasteiger partial charge in [0.05, 0.1) is 19.1 Å². The van der Waals surface area contributed by atoms with Gasteiger partial charge in [0.2, 0.25) is 15.9 Å². The Morgan fingerprint density at radius 3 is 2.13 bits per heavy atom. The van der Waals surface area contributed by atoms with Crippen molar-refractivity contribution < 1.29 is 17.9 Å². The van der Waals surface area contributed by atoms with Gasteiger partial charge in [0, 0.05) is 37.6 Å². The number of likely N-dealkylation sites (N-methyl/N-ethyl adjacent to an activating group) is 1. The number of carbonyl (C=O) groups is 1. The summed E-state index contributed by atoms with van der Waals surface area (Å²) in [7, 11) is -0.0287. The van der Waals surface area contributed by atoms with Crippen molar-refractivity contribution in [3.63, 3.8) is 0 Å². The van der Waals surface area contributed by atoms with E-state index in [1.54, 1.807) is 31.2 Å². The lowest BCUT2D eigenvalue weighted by molar-refractivity contribution is -0.116. The Hall–Kier alpha value is -2.78. The second kappa shape index (κ2) is 9.57. The van der Waals surface area contributed by atoms with Gasteiger partial charge in [-0.15, -0.1) is 0 Å². The summed E-state index contributed by atoms with van der Waals surface area (Å²) in [6.07, 6.45) is 1.09. The van der Waals surface area contributed by atoms with E-state index in [4.69, 9.17) is 4.74 Å². The summed E-state index contributed by atoms with van der Waals surface area (Å²) in [5.74, 6) is 0.198. The van der Waals surface area contributed by atoms with E-state index in [9.17, 15) is 13.2 Å². The van der Waals surface area contributed by atoms with E-state index in [1.165, 1.54) is 7.11 Å². The van der Waals surface area contributed by atoms with E-state index in [2.05, 4.69) is 22.2 Å².